The van der Waals surface area contributed by atoms with Gasteiger partial charge in [-0.2, -0.15) is 0 Å². The largest absolute Gasteiger partial charge is 0.391 e. The van der Waals surface area contributed by atoms with Crippen molar-refractivity contribution in [1.29, 1.82) is 0 Å². The van der Waals surface area contributed by atoms with E-state index in [0.717, 1.165) is 17.7 Å². The number of nitrogens with one attached hydrogen (secondary N) is 1. The molecule has 4 nitrogen and oxygen atoms in total. The highest BCUT2D eigenvalue weighted by Crippen LogP contribution is 2.19. The minimum atomic E-state index is -0.597. The third-order valence-electron chi connectivity index (χ3n) is 4.13. The fraction of sp³-hybridized carbons (Fsp3) is 0.350. The number of likely N-dealkylation sites (N-methyl/N-ethyl adjacent to an activating group) is 1. The fourth-order valence-electron chi connectivity index (χ4n) is 2.70. The van der Waals surface area contributed by atoms with Crippen LogP contribution in [-0.4, -0.2) is 42.2 Å². The van der Waals surface area contributed by atoms with Gasteiger partial charge in [-0.25, -0.2) is 0 Å². The standard InChI is InChI=1S/C20H26N2O2/c1-3-22(2)19(17-12-8-5-9-13-17)20(24)21-15-18(23)14-16-10-6-4-7-11-16/h4-13,18-19,23H,3,14-15H2,1-2H3,(H,21,24). The first-order valence-electron chi connectivity index (χ1n) is 8.36. The van der Waals surface area contributed by atoms with E-state index in [1.54, 1.807) is 0 Å². The molecule has 2 aromatic carbocycles. The van der Waals surface area contributed by atoms with Crippen LogP contribution in [-0.2, 0) is 11.2 Å². The number of carbonyl (C=O) groups is 1. The molecule has 24 heavy (non-hydrogen) atoms. The van der Waals surface area contributed by atoms with E-state index in [2.05, 4.69) is 5.32 Å². The summed E-state index contributed by atoms with van der Waals surface area (Å²) in [4.78, 5) is 14.6. The minimum Gasteiger partial charge on any atom is -0.391 e. The second-order valence-electron chi connectivity index (χ2n) is 5.98. The Morgan fingerprint density at radius 1 is 1.08 bits per heavy atom. The highest BCUT2D eigenvalue weighted by molar-refractivity contribution is 5.83. The first-order valence-corrected chi connectivity index (χ1v) is 8.36. The van der Waals surface area contributed by atoms with Crippen LogP contribution >= 0.6 is 0 Å². The second kappa shape index (κ2) is 9.21. The molecule has 128 valence electrons. The number of rotatable bonds is 8. The minimum absolute atomic E-state index is 0.0855. The summed E-state index contributed by atoms with van der Waals surface area (Å²) >= 11 is 0. The fourth-order valence-corrected chi connectivity index (χ4v) is 2.70. The van der Waals surface area contributed by atoms with Gasteiger partial charge in [0, 0.05) is 13.0 Å². The van der Waals surface area contributed by atoms with Crippen LogP contribution in [0.5, 0.6) is 0 Å². The Bertz CT molecular complexity index is 616. The first-order chi connectivity index (χ1) is 11.6. The van der Waals surface area contributed by atoms with Crippen molar-refractivity contribution in [3.8, 4) is 0 Å². The van der Waals surface area contributed by atoms with Crippen molar-refractivity contribution in [2.24, 2.45) is 0 Å². The van der Waals surface area contributed by atoms with Crippen LogP contribution < -0.4 is 5.32 Å². The third-order valence-corrected chi connectivity index (χ3v) is 4.13. The van der Waals surface area contributed by atoms with E-state index in [4.69, 9.17) is 0 Å². The number of carbonyl (C=O) groups excluding carboxylic acids is 1. The molecule has 2 atom stereocenters. The van der Waals surface area contributed by atoms with E-state index in [1.807, 2.05) is 79.5 Å². The van der Waals surface area contributed by atoms with Gasteiger partial charge in [-0.05, 0) is 24.7 Å². The molecule has 2 aromatic rings. The summed E-state index contributed by atoms with van der Waals surface area (Å²) in [5.74, 6) is -0.0855. The SMILES string of the molecule is CCN(C)C(C(=O)NCC(O)Cc1ccccc1)c1ccccc1. The molecule has 0 bridgehead atoms. The quantitative estimate of drug-likeness (QED) is 0.783. The van der Waals surface area contributed by atoms with Crippen LogP contribution in [0.2, 0.25) is 0 Å². The molecule has 0 aromatic heterocycles. The average Bonchev–Trinajstić information content (AvgIpc) is 2.62. The smallest absolute Gasteiger partial charge is 0.242 e. The van der Waals surface area contributed by atoms with Crippen molar-refractivity contribution >= 4 is 5.91 Å². The lowest BCUT2D eigenvalue weighted by Crippen LogP contribution is -2.41. The van der Waals surface area contributed by atoms with Gasteiger partial charge in [-0.3, -0.25) is 9.69 Å². The Hall–Kier alpha value is -2.17. The number of nitrogens with zero attached hydrogens (tertiary/aromatic N) is 1. The van der Waals surface area contributed by atoms with Crippen molar-refractivity contribution < 1.29 is 9.90 Å². The molecule has 1 amide bonds. The molecule has 0 radical (unpaired) electrons. The van der Waals surface area contributed by atoms with Gasteiger partial charge in [-0.15, -0.1) is 0 Å². The van der Waals surface area contributed by atoms with Crippen LogP contribution in [0.25, 0.3) is 0 Å². The average molecular weight is 326 g/mol. The molecule has 0 aliphatic carbocycles. The number of aliphatic hydroxyl groups is 1. The van der Waals surface area contributed by atoms with Crippen molar-refractivity contribution in [2.45, 2.75) is 25.5 Å². The molecule has 0 saturated carbocycles. The van der Waals surface area contributed by atoms with Gasteiger partial charge in [0.25, 0.3) is 0 Å². The van der Waals surface area contributed by atoms with Gasteiger partial charge in [-0.1, -0.05) is 67.6 Å². The summed E-state index contributed by atoms with van der Waals surface area (Å²) in [6, 6.07) is 19.2. The molecule has 0 aliphatic rings. The molecular formula is C20H26N2O2. The van der Waals surface area contributed by atoms with Crippen LogP contribution in [0, 0.1) is 0 Å². The molecule has 0 heterocycles. The van der Waals surface area contributed by atoms with E-state index < -0.39 is 6.10 Å². The lowest BCUT2D eigenvalue weighted by atomic mass is 10.0. The second-order valence-corrected chi connectivity index (χ2v) is 5.98. The van der Waals surface area contributed by atoms with Crippen molar-refractivity contribution in [1.82, 2.24) is 10.2 Å². The summed E-state index contributed by atoms with van der Waals surface area (Å²) in [5.41, 5.74) is 2.02. The van der Waals surface area contributed by atoms with Gasteiger partial charge in [0.15, 0.2) is 0 Å². The Morgan fingerprint density at radius 3 is 2.25 bits per heavy atom. The molecule has 0 saturated heterocycles. The number of aliphatic hydroxyl groups excluding tert-OH is 1. The van der Waals surface area contributed by atoms with Crippen LogP contribution in [0.1, 0.15) is 24.1 Å². The van der Waals surface area contributed by atoms with Gasteiger partial charge in [0.05, 0.1) is 6.10 Å². The zero-order valence-corrected chi connectivity index (χ0v) is 14.4. The summed E-state index contributed by atoms with van der Waals surface area (Å²) < 4.78 is 0. The molecule has 2 unspecified atom stereocenters. The van der Waals surface area contributed by atoms with E-state index in [1.165, 1.54) is 0 Å². The van der Waals surface area contributed by atoms with E-state index in [9.17, 15) is 9.90 Å². The topological polar surface area (TPSA) is 52.6 Å². The number of benzene rings is 2. The maximum atomic E-state index is 12.6. The molecule has 0 fully saturated rings. The molecule has 4 heteroatoms. The Labute approximate surface area is 144 Å². The number of hydrogen-bond donors (Lipinski definition) is 2. The highest BCUT2D eigenvalue weighted by atomic mass is 16.3. The Morgan fingerprint density at radius 2 is 1.67 bits per heavy atom. The maximum Gasteiger partial charge on any atom is 0.242 e. The Kier molecular flexibility index (Phi) is 6.97. The van der Waals surface area contributed by atoms with Gasteiger partial charge < -0.3 is 10.4 Å². The number of hydrogen-bond acceptors (Lipinski definition) is 3. The summed E-state index contributed by atoms with van der Waals surface area (Å²) in [6.45, 7) is 3.03. The zero-order valence-electron chi connectivity index (χ0n) is 14.4. The van der Waals surface area contributed by atoms with Crippen LogP contribution in [0.15, 0.2) is 60.7 Å². The summed E-state index contributed by atoms with van der Waals surface area (Å²) in [7, 11) is 1.93. The van der Waals surface area contributed by atoms with Crippen molar-refractivity contribution in [3.05, 3.63) is 71.8 Å². The summed E-state index contributed by atoms with van der Waals surface area (Å²) in [6.07, 6.45) is -0.0690. The molecule has 2 N–H and O–H groups in total. The zero-order chi connectivity index (χ0) is 17.4. The van der Waals surface area contributed by atoms with E-state index in [-0.39, 0.29) is 18.5 Å². The lowest BCUT2D eigenvalue weighted by molar-refractivity contribution is -0.126. The predicted molar refractivity (Wildman–Crippen MR) is 96.6 cm³/mol. The maximum absolute atomic E-state index is 12.6. The number of amides is 1. The highest BCUT2D eigenvalue weighted by Gasteiger charge is 2.24. The molecular weight excluding hydrogens is 300 g/mol. The third kappa shape index (κ3) is 5.18. The van der Waals surface area contributed by atoms with Gasteiger partial charge in [0.2, 0.25) is 5.91 Å². The summed E-state index contributed by atoms with van der Waals surface area (Å²) in [5, 5.41) is 13.1. The van der Waals surface area contributed by atoms with Crippen molar-refractivity contribution in [2.75, 3.05) is 20.1 Å². The monoisotopic (exact) mass is 326 g/mol. The predicted octanol–water partition coefficient (Wildman–Crippen LogP) is 2.40. The lowest BCUT2D eigenvalue weighted by Gasteiger charge is -2.26. The van der Waals surface area contributed by atoms with Gasteiger partial charge in [0.1, 0.15) is 6.04 Å². The van der Waals surface area contributed by atoms with Crippen molar-refractivity contribution in [3.63, 3.8) is 0 Å². The van der Waals surface area contributed by atoms with Crippen LogP contribution in [0.3, 0.4) is 0 Å². The first kappa shape index (κ1) is 18.2. The molecule has 2 rings (SSSR count). The normalized spacial score (nSPS) is 13.5. The molecule has 0 spiro atoms. The Balaban J connectivity index is 1.95. The van der Waals surface area contributed by atoms with Crippen LogP contribution in [0.4, 0.5) is 0 Å². The van der Waals surface area contributed by atoms with Gasteiger partial charge >= 0.3 is 0 Å². The molecule has 0 aliphatic heterocycles. The van der Waals surface area contributed by atoms with E-state index in [0.29, 0.717) is 6.42 Å². The van der Waals surface area contributed by atoms with E-state index >= 15 is 0 Å².